The molecule has 0 aliphatic heterocycles. The van der Waals surface area contributed by atoms with Gasteiger partial charge in [-0.3, -0.25) is 0 Å². The van der Waals surface area contributed by atoms with Crippen molar-refractivity contribution < 1.29 is 48.6 Å². The fourth-order valence-corrected chi connectivity index (χ4v) is 3.04. The lowest BCUT2D eigenvalue weighted by Gasteiger charge is -2.45. The predicted octanol–water partition coefficient (Wildman–Crippen LogP) is 6.94. The zero-order chi connectivity index (χ0) is 22.3. The topological polar surface area (TPSA) is 9.23 Å². The normalized spacial score (nSPS) is 33.6. The Bertz CT molecular complexity index is 800. The van der Waals surface area contributed by atoms with E-state index < -0.39 is 83.0 Å². The average molecular weight is 434 g/mol. The van der Waals surface area contributed by atoms with Crippen LogP contribution in [0.5, 0.6) is 0 Å². The van der Waals surface area contributed by atoms with Crippen molar-refractivity contribution in [2.24, 2.45) is 0 Å². The molecule has 29 heavy (non-hydrogen) atoms. The number of alkyl halides is 2. The molecule has 0 saturated heterocycles. The van der Waals surface area contributed by atoms with Gasteiger partial charge in [0, 0.05) is 12.8 Å². The summed E-state index contributed by atoms with van der Waals surface area (Å²) < 4.78 is 145. The molecule has 0 radical (unpaired) electrons. The minimum absolute atomic E-state index is 0.596. The van der Waals surface area contributed by atoms with E-state index in [1.165, 1.54) is 0 Å². The Kier molecular flexibility index (Phi) is 6.22. The van der Waals surface area contributed by atoms with E-state index >= 15 is 0 Å². The molecule has 0 spiro atoms. The summed E-state index contributed by atoms with van der Waals surface area (Å²) in [5, 5.41) is 0. The molecule has 160 valence electrons. The lowest BCUT2D eigenvalue weighted by molar-refractivity contribution is -0.188. The van der Waals surface area contributed by atoms with Gasteiger partial charge in [-0.05, 0) is 0 Å². The number of halogens is 10. The molecule has 0 bridgehead atoms. The van der Waals surface area contributed by atoms with Gasteiger partial charge in [0.25, 0.3) is 0 Å². The Morgan fingerprint density at radius 2 is 0.966 bits per heavy atom. The van der Waals surface area contributed by atoms with Crippen molar-refractivity contribution in [1.82, 2.24) is 0 Å². The Morgan fingerprint density at radius 3 is 1.24 bits per heavy atom. The standard InChI is InChI=1S/C18H12F10O/c1-3-5-17(13(25)9(21)7(19)10(22)14(17)26)29-18(6-4-2)15(27)11(23)8(20)12(24)16(18)28/h3-4,13,15H,1-2,5-6H2. The van der Waals surface area contributed by atoms with Crippen LogP contribution in [-0.2, 0) is 4.74 Å². The molecular weight excluding hydrogens is 422 g/mol. The summed E-state index contributed by atoms with van der Waals surface area (Å²) in [6, 6.07) is 0. The van der Waals surface area contributed by atoms with E-state index in [0.717, 1.165) is 0 Å². The van der Waals surface area contributed by atoms with Crippen LogP contribution in [0, 0.1) is 0 Å². The molecule has 0 fully saturated rings. The zero-order valence-corrected chi connectivity index (χ0v) is 14.3. The summed E-state index contributed by atoms with van der Waals surface area (Å²) in [5.41, 5.74) is -7.30. The molecule has 0 aromatic carbocycles. The van der Waals surface area contributed by atoms with Crippen LogP contribution in [0.4, 0.5) is 43.9 Å². The Hall–Kier alpha value is -2.30. The van der Waals surface area contributed by atoms with Crippen molar-refractivity contribution in [3.63, 3.8) is 0 Å². The summed E-state index contributed by atoms with van der Waals surface area (Å²) in [7, 11) is 0. The van der Waals surface area contributed by atoms with Gasteiger partial charge in [0.1, 0.15) is 0 Å². The third kappa shape index (κ3) is 3.15. The third-order valence-electron chi connectivity index (χ3n) is 4.46. The molecule has 2 rings (SSSR count). The van der Waals surface area contributed by atoms with Crippen molar-refractivity contribution in [2.45, 2.75) is 36.4 Å². The highest BCUT2D eigenvalue weighted by molar-refractivity contribution is 5.43. The number of hydrogen-bond donors (Lipinski definition) is 0. The minimum atomic E-state index is -3.65. The molecule has 2 aliphatic rings. The van der Waals surface area contributed by atoms with Crippen LogP contribution in [0.25, 0.3) is 0 Å². The molecule has 0 amide bonds. The summed E-state index contributed by atoms with van der Waals surface area (Å²) in [6.07, 6.45) is -8.41. The van der Waals surface area contributed by atoms with Gasteiger partial charge in [-0.15, -0.1) is 13.2 Å². The maximum atomic E-state index is 14.6. The minimum Gasteiger partial charge on any atom is -0.346 e. The first-order chi connectivity index (χ1) is 13.4. The van der Waals surface area contributed by atoms with Crippen molar-refractivity contribution in [1.29, 1.82) is 0 Å². The summed E-state index contributed by atoms with van der Waals surface area (Å²) >= 11 is 0. The second-order valence-electron chi connectivity index (χ2n) is 6.17. The quantitative estimate of drug-likeness (QED) is 0.325. The van der Waals surface area contributed by atoms with E-state index in [1.54, 1.807) is 0 Å². The fraction of sp³-hybridized carbons (Fsp3) is 0.333. The van der Waals surface area contributed by atoms with E-state index in [9.17, 15) is 43.9 Å². The summed E-state index contributed by atoms with van der Waals surface area (Å²) in [5.74, 6) is -20.4. The van der Waals surface area contributed by atoms with Crippen molar-refractivity contribution in [2.75, 3.05) is 0 Å². The number of allylic oxidation sites excluding steroid dienone is 4. The van der Waals surface area contributed by atoms with Crippen LogP contribution in [-0.4, -0.2) is 23.5 Å². The molecule has 4 unspecified atom stereocenters. The Balaban J connectivity index is 2.79. The lowest BCUT2D eigenvalue weighted by Crippen LogP contribution is -2.57. The van der Waals surface area contributed by atoms with Crippen LogP contribution in [0.3, 0.4) is 0 Å². The molecule has 0 aromatic heterocycles. The Labute approximate surface area is 158 Å². The Morgan fingerprint density at radius 1 is 0.655 bits per heavy atom. The van der Waals surface area contributed by atoms with Gasteiger partial charge in [0.15, 0.2) is 70.2 Å². The SMILES string of the molecule is C=CCC1(OC2(CC=C)C(F)=C(F)C(F)=C(F)C2F)C(F)=C(F)C(F)=C(F)C1F. The zero-order valence-electron chi connectivity index (χ0n) is 14.3. The van der Waals surface area contributed by atoms with E-state index in [2.05, 4.69) is 13.2 Å². The average Bonchev–Trinajstić information content (AvgIpc) is 2.71. The summed E-state index contributed by atoms with van der Waals surface area (Å²) in [6.45, 7) is 6.10. The first-order valence-corrected chi connectivity index (χ1v) is 7.85. The van der Waals surface area contributed by atoms with Crippen molar-refractivity contribution >= 4 is 0 Å². The molecule has 0 N–H and O–H groups in total. The first-order valence-electron chi connectivity index (χ1n) is 7.85. The fourth-order valence-electron chi connectivity index (χ4n) is 3.04. The summed E-state index contributed by atoms with van der Waals surface area (Å²) in [4.78, 5) is 0. The monoisotopic (exact) mass is 434 g/mol. The van der Waals surface area contributed by atoms with Gasteiger partial charge in [0.05, 0.1) is 0 Å². The lowest BCUT2D eigenvalue weighted by atomic mass is 9.81. The smallest absolute Gasteiger partial charge is 0.196 e. The number of hydrogen-bond acceptors (Lipinski definition) is 1. The first kappa shape index (κ1) is 23.0. The largest absolute Gasteiger partial charge is 0.346 e. The van der Waals surface area contributed by atoms with E-state index in [-0.39, 0.29) is 0 Å². The number of rotatable bonds is 6. The molecule has 0 heterocycles. The highest BCUT2D eigenvalue weighted by Crippen LogP contribution is 2.54. The van der Waals surface area contributed by atoms with Gasteiger partial charge in [0.2, 0.25) is 0 Å². The molecule has 2 aliphatic carbocycles. The van der Waals surface area contributed by atoms with Gasteiger partial charge < -0.3 is 4.74 Å². The van der Waals surface area contributed by atoms with Gasteiger partial charge in [-0.2, -0.15) is 0 Å². The maximum Gasteiger partial charge on any atom is 0.196 e. The highest BCUT2D eigenvalue weighted by atomic mass is 19.2. The molecule has 0 aromatic rings. The molecule has 11 heteroatoms. The number of ether oxygens (including phenoxy) is 1. The van der Waals surface area contributed by atoms with E-state index in [1.807, 2.05) is 0 Å². The van der Waals surface area contributed by atoms with Crippen LogP contribution in [0.1, 0.15) is 12.8 Å². The predicted molar refractivity (Wildman–Crippen MR) is 82.9 cm³/mol. The molecule has 4 atom stereocenters. The third-order valence-corrected chi connectivity index (χ3v) is 4.46. The second kappa shape index (κ2) is 7.85. The van der Waals surface area contributed by atoms with Crippen LogP contribution >= 0.6 is 0 Å². The highest BCUT2D eigenvalue weighted by Gasteiger charge is 2.62. The van der Waals surface area contributed by atoms with Crippen LogP contribution in [0.2, 0.25) is 0 Å². The van der Waals surface area contributed by atoms with E-state index in [4.69, 9.17) is 4.74 Å². The van der Waals surface area contributed by atoms with Crippen LogP contribution < -0.4 is 0 Å². The molecular formula is C18H12F10O. The molecule has 0 saturated carbocycles. The molecule has 1 nitrogen and oxygen atoms in total. The van der Waals surface area contributed by atoms with Crippen molar-refractivity contribution in [3.05, 3.63) is 71.9 Å². The maximum absolute atomic E-state index is 14.6. The van der Waals surface area contributed by atoms with Gasteiger partial charge >= 0.3 is 0 Å². The second-order valence-corrected chi connectivity index (χ2v) is 6.17. The van der Waals surface area contributed by atoms with Gasteiger partial charge in [-0.25, -0.2) is 43.9 Å². The van der Waals surface area contributed by atoms with E-state index in [0.29, 0.717) is 12.2 Å². The van der Waals surface area contributed by atoms with Gasteiger partial charge in [-0.1, -0.05) is 12.2 Å². The van der Waals surface area contributed by atoms with Crippen LogP contribution in [0.15, 0.2) is 71.9 Å². The van der Waals surface area contributed by atoms with Crippen molar-refractivity contribution in [3.8, 4) is 0 Å².